The number of amides is 1. The summed E-state index contributed by atoms with van der Waals surface area (Å²) in [5.74, 6) is 1.25. The van der Waals surface area contributed by atoms with Crippen LogP contribution in [-0.2, 0) is 6.54 Å². The minimum absolute atomic E-state index is 0.126. The summed E-state index contributed by atoms with van der Waals surface area (Å²) in [6.07, 6.45) is 9.86. The van der Waals surface area contributed by atoms with Gasteiger partial charge in [0.15, 0.2) is 0 Å². The van der Waals surface area contributed by atoms with Gasteiger partial charge in [0.2, 0.25) is 5.95 Å². The largest absolute Gasteiger partial charge is 0.324 e. The molecular weight excluding hydrogens is 530 g/mol. The summed E-state index contributed by atoms with van der Waals surface area (Å²) in [6.45, 7) is 7.90. The molecule has 4 aromatic rings. The molecule has 2 unspecified atom stereocenters. The molecule has 220 valence electrons. The maximum absolute atomic E-state index is 13.2. The van der Waals surface area contributed by atoms with E-state index >= 15 is 0 Å². The number of aryl methyl sites for hydroxylation is 1. The Labute approximate surface area is 254 Å². The van der Waals surface area contributed by atoms with Crippen LogP contribution in [0, 0.1) is 23.7 Å². The molecule has 0 spiro atoms. The van der Waals surface area contributed by atoms with Crippen LogP contribution in [0.5, 0.6) is 0 Å². The van der Waals surface area contributed by atoms with E-state index in [9.17, 15) is 4.79 Å². The van der Waals surface area contributed by atoms with Gasteiger partial charge in [-0.15, -0.1) is 0 Å². The third-order valence-corrected chi connectivity index (χ3v) is 9.98. The molecule has 3 aromatic carbocycles. The second-order valence-corrected chi connectivity index (χ2v) is 14.2. The molecule has 6 heteroatoms. The van der Waals surface area contributed by atoms with Crippen LogP contribution >= 0.6 is 0 Å². The van der Waals surface area contributed by atoms with Gasteiger partial charge in [0.1, 0.15) is 0 Å². The first-order chi connectivity index (χ1) is 20.7. The SMILES string of the molecule is Cc1ccc(NC(=O)c2ccc(CNC34CC5C[C@@](C)(C3)C[C@](C)(C5)C4)cc2)cc1Nc1nccc(-c2ccccc2)n1. The zero-order valence-electron chi connectivity index (χ0n) is 25.4. The Hall–Kier alpha value is -4.03. The summed E-state index contributed by atoms with van der Waals surface area (Å²) in [4.78, 5) is 22.3. The van der Waals surface area contributed by atoms with Gasteiger partial charge in [0.05, 0.1) is 5.69 Å². The third-order valence-electron chi connectivity index (χ3n) is 9.98. The van der Waals surface area contributed by atoms with Crippen molar-refractivity contribution in [3.8, 4) is 11.3 Å². The van der Waals surface area contributed by atoms with Crippen molar-refractivity contribution >= 4 is 23.2 Å². The summed E-state index contributed by atoms with van der Waals surface area (Å²) in [6, 6.07) is 25.8. The molecule has 4 aliphatic rings. The number of benzene rings is 3. The van der Waals surface area contributed by atoms with Crippen molar-refractivity contribution in [2.24, 2.45) is 16.7 Å². The van der Waals surface area contributed by atoms with Gasteiger partial charge in [0, 0.05) is 40.8 Å². The molecule has 1 amide bonds. The lowest BCUT2D eigenvalue weighted by atomic mass is 9.43. The zero-order valence-corrected chi connectivity index (χ0v) is 25.4. The number of hydrogen-bond acceptors (Lipinski definition) is 5. The summed E-state index contributed by atoms with van der Waals surface area (Å²) >= 11 is 0. The smallest absolute Gasteiger partial charge is 0.255 e. The summed E-state index contributed by atoms with van der Waals surface area (Å²) in [5.41, 5.74) is 7.60. The monoisotopic (exact) mass is 571 g/mol. The molecule has 43 heavy (non-hydrogen) atoms. The van der Waals surface area contributed by atoms with Gasteiger partial charge in [-0.1, -0.05) is 62.4 Å². The standard InChI is InChI=1S/C37H41N5O/c1-25-9-14-30(17-32(25)42-34-38-16-15-31(41-34)28-7-5-4-6-8-28)40-33(43)29-12-10-26(11-13-29)21-39-37-20-27-18-35(2,23-37)22-36(3,19-27)24-37/h4-17,27,39H,18-24H2,1-3H3,(H,40,43)(H,38,41,42)/t27?,35-,36+,37?. The predicted molar refractivity (Wildman–Crippen MR) is 173 cm³/mol. The molecule has 4 aliphatic carbocycles. The average Bonchev–Trinajstić information content (AvgIpc) is 2.97. The molecule has 4 fully saturated rings. The molecular formula is C37H41N5O. The van der Waals surface area contributed by atoms with E-state index < -0.39 is 0 Å². The summed E-state index contributed by atoms with van der Waals surface area (Å²) in [5, 5.41) is 10.4. The Kier molecular flexibility index (Phi) is 6.85. The molecule has 3 N–H and O–H groups in total. The maximum Gasteiger partial charge on any atom is 0.255 e. The molecule has 1 aromatic heterocycles. The minimum Gasteiger partial charge on any atom is -0.324 e. The van der Waals surface area contributed by atoms with Crippen LogP contribution in [0.4, 0.5) is 17.3 Å². The number of rotatable bonds is 8. The van der Waals surface area contributed by atoms with Crippen molar-refractivity contribution in [2.75, 3.05) is 10.6 Å². The minimum atomic E-state index is -0.126. The fourth-order valence-corrected chi connectivity index (χ4v) is 9.06. The van der Waals surface area contributed by atoms with Gasteiger partial charge in [0.25, 0.3) is 5.91 Å². The highest BCUT2D eigenvalue weighted by Crippen LogP contribution is 2.66. The van der Waals surface area contributed by atoms with E-state index in [-0.39, 0.29) is 11.4 Å². The first kappa shape index (κ1) is 27.8. The van der Waals surface area contributed by atoms with Crippen LogP contribution < -0.4 is 16.0 Å². The number of carbonyl (C=O) groups is 1. The van der Waals surface area contributed by atoms with Crippen molar-refractivity contribution in [1.82, 2.24) is 15.3 Å². The van der Waals surface area contributed by atoms with Gasteiger partial charge in [-0.2, -0.15) is 0 Å². The van der Waals surface area contributed by atoms with Gasteiger partial charge in [-0.3, -0.25) is 4.79 Å². The number of nitrogens with one attached hydrogen (secondary N) is 3. The normalized spacial score (nSPS) is 27.2. The van der Waals surface area contributed by atoms with Crippen LogP contribution in [0.2, 0.25) is 0 Å². The second kappa shape index (κ2) is 10.6. The van der Waals surface area contributed by atoms with Crippen LogP contribution in [0.3, 0.4) is 0 Å². The number of hydrogen-bond donors (Lipinski definition) is 3. The molecule has 0 radical (unpaired) electrons. The highest BCUT2D eigenvalue weighted by atomic mass is 16.1. The maximum atomic E-state index is 13.2. The van der Waals surface area contributed by atoms with E-state index in [0.29, 0.717) is 28.0 Å². The fraction of sp³-hybridized carbons (Fsp3) is 0.378. The molecule has 8 rings (SSSR count). The van der Waals surface area contributed by atoms with Crippen LogP contribution in [0.1, 0.15) is 73.9 Å². The highest BCUT2D eigenvalue weighted by Gasteiger charge is 2.59. The Bertz CT molecular complexity index is 1630. The van der Waals surface area contributed by atoms with Gasteiger partial charge < -0.3 is 16.0 Å². The van der Waals surface area contributed by atoms with Crippen molar-refractivity contribution in [3.63, 3.8) is 0 Å². The van der Waals surface area contributed by atoms with Crippen molar-refractivity contribution in [3.05, 3.63) is 102 Å². The zero-order chi connectivity index (χ0) is 29.7. The average molecular weight is 572 g/mol. The second-order valence-electron chi connectivity index (χ2n) is 14.2. The molecule has 6 nitrogen and oxygen atoms in total. The van der Waals surface area contributed by atoms with Gasteiger partial charge >= 0.3 is 0 Å². The van der Waals surface area contributed by atoms with Crippen molar-refractivity contribution in [2.45, 2.75) is 71.4 Å². The number of nitrogens with zero attached hydrogens (tertiary/aromatic N) is 2. The Morgan fingerprint density at radius 1 is 0.884 bits per heavy atom. The molecule has 0 aliphatic heterocycles. The van der Waals surface area contributed by atoms with Gasteiger partial charge in [-0.25, -0.2) is 9.97 Å². The molecule has 4 atom stereocenters. The Balaban J connectivity index is 0.990. The topological polar surface area (TPSA) is 78.9 Å². The van der Waals surface area contributed by atoms with E-state index in [2.05, 4.69) is 51.9 Å². The third kappa shape index (κ3) is 5.81. The lowest BCUT2D eigenvalue weighted by molar-refractivity contribution is -0.118. The first-order valence-electron chi connectivity index (χ1n) is 15.6. The lowest BCUT2D eigenvalue weighted by Crippen LogP contribution is -2.63. The summed E-state index contributed by atoms with van der Waals surface area (Å²) < 4.78 is 0. The summed E-state index contributed by atoms with van der Waals surface area (Å²) in [7, 11) is 0. The van der Waals surface area contributed by atoms with Gasteiger partial charge in [-0.05, 0) is 104 Å². The lowest BCUT2D eigenvalue weighted by Gasteiger charge is -2.65. The van der Waals surface area contributed by atoms with Crippen molar-refractivity contribution < 1.29 is 4.79 Å². The van der Waals surface area contributed by atoms with E-state index in [1.807, 2.05) is 73.7 Å². The van der Waals surface area contributed by atoms with Crippen LogP contribution in [0.25, 0.3) is 11.3 Å². The van der Waals surface area contributed by atoms with E-state index in [4.69, 9.17) is 0 Å². The number of aromatic nitrogens is 2. The predicted octanol–water partition coefficient (Wildman–Crippen LogP) is 8.29. The highest BCUT2D eigenvalue weighted by molar-refractivity contribution is 6.04. The molecule has 0 saturated heterocycles. The number of carbonyl (C=O) groups excluding carboxylic acids is 1. The Morgan fingerprint density at radius 3 is 2.35 bits per heavy atom. The fourth-order valence-electron chi connectivity index (χ4n) is 9.06. The van der Waals surface area contributed by atoms with Crippen LogP contribution in [0.15, 0.2) is 85.1 Å². The first-order valence-corrected chi connectivity index (χ1v) is 15.6. The Morgan fingerprint density at radius 2 is 1.63 bits per heavy atom. The van der Waals surface area contributed by atoms with E-state index in [1.165, 1.54) is 44.1 Å². The van der Waals surface area contributed by atoms with Crippen molar-refractivity contribution in [1.29, 1.82) is 0 Å². The molecule has 4 bridgehead atoms. The van der Waals surface area contributed by atoms with Crippen LogP contribution in [-0.4, -0.2) is 21.4 Å². The number of anilines is 3. The molecule has 1 heterocycles. The van der Waals surface area contributed by atoms with E-state index in [1.54, 1.807) is 6.20 Å². The van der Waals surface area contributed by atoms with E-state index in [0.717, 1.165) is 35.0 Å². The quantitative estimate of drug-likeness (QED) is 0.198. The molecule has 4 saturated carbocycles.